The lowest BCUT2D eigenvalue weighted by Gasteiger charge is -2.13. The van der Waals surface area contributed by atoms with E-state index in [2.05, 4.69) is 9.71 Å². The third kappa shape index (κ3) is 5.18. The Morgan fingerprint density at radius 2 is 1.69 bits per heavy atom. The van der Waals surface area contributed by atoms with Crippen molar-refractivity contribution >= 4 is 27.6 Å². The zero-order chi connectivity index (χ0) is 21.9. The first-order chi connectivity index (χ1) is 13.4. The molecule has 156 valence electrons. The summed E-state index contributed by atoms with van der Waals surface area (Å²) in [7, 11) is -3.88. The Kier molecular flexibility index (Phi) is 6.76. The highest BCUT2D eigenvalue weighted by atomic mass is 32.2. The number of hydrogen-bond acceptors (Lipinski definition) is 6. The van der Waals surface area contributed by atoms with Gasteiger partial charge in [-0.25, -0.2) is 8.42 Å². The molecule has 2 rings (SSSR count). The molecule has 0 saturated heterocycles. The van der Waals surface area contributed by atoms with Crippen molar-refractivity contribution in [3.05, 3.63) is 52.3 Å². The van der Waals surface area contributed by atoms with Crippen molar-refractivity contribution in [3.8, 4) is 0 Å². The number of H-pyrrole nitrogens is 1. The van der Waals surface area contributed by atoms with Gasteiger partial charge in [0, 0.05) is 11.3 Å². The van der Waals surface area contributed by atoms with Crippen LogP contribution in [0, 0.1) is 20.8 Å². The third-order valence-corrected chi connectivity index (χ3v) is 5.87. The van der Waals surface area contributed by atoms with E-state index < -0.39 is 34.4 Å². The van der Waals surface area contributed by atoms with Gasteiger partial charge in [0.25, 0.3) is 0 Å². The summed E-state index contributed by atoms with van der Waals surface area (Å²) in [6.07, 6.45) is -1.15. The number of ketones is 2. The smallest absolute Gasteiger partial charge is 0.321 e. The molecular formula is C20H24N2O6S. The fraction of sp³-hybridized carbons (Fsp3) is 0.350. The minimum absolute atomic E-state index is 0.0225. The van der Waals surface area contributed by atoms with E-state index in [1.807, 2.05) is 6.92 Å². The van der Waals surface area contributed by atoms with Crippen LogP contribution in [0.1, 0.15) is 51.5 Å². The molecule has 0 saturated carbocycles. The Morgan fingerprint density at radius 1 is 1.10 bits per heavy atom. The molecule has 0 aliphatic heterocycles. The first-order valence-corrected chi connectivity index (χ1v) is 10.4. The minimum atomic E-state index is -3.88. The summed E-state index contributed by atoms with van der Waals surface area (Å²) in [5.74, 6) is -1.58. The van der Waals surface area contributed by atoms with Crippen molar-refractivity contribution in [1.29, 1.82) is 0 Å². The van der Waals surface area contributed by atoms with Crippen LogP contribution in [-0.2, 0) is 19.6 Å². The fourth-order valence-electron chi connectivity index (χ4n) is 2.97. The standard InChI is InChI=1S/C20H24N2O6S/c1-11-6-8-16(9-7-11)29(26,27)21-10-17(24)28-15(5)20(25)19-12(2)18(14(4)23)13(3)22-19/h6-9,15,21-22H,10H2,1-5H3/t15-/m1/s1. The second kappa shape index (κ2) is 8.71. The van der Waals surface area contributed by atoms with Crippen LogP contribution in [0.25, 0.3) is 0 Å². The average Bonchev–Trinajstić information content (AvgIpc) is 2.94. The molecule has 2 N–H and O–H groups in total. The second-order valence-corrected chi connectivity index (χ2v) is 8.58. The molecule has 0 aliphatic carbocycles. The molecule has 9 heteroatoms. The summed E-state index contributed by atoms with van der Waals surface area (Å²) < 4.78 is 31.6. The Hall–Kier alpha value is -2.78. The van der Waals surface area contributed by atoms with Gasteiger partial charge in [-0.3, -0.25) is 14.4 Å². The van der Waals surface area contributed by atoms with Gasteiger partial charge < -0.3 is 9.72 Å². The predicted molar refractivity (Wildman–Crippen MR) is 107 cm³/mol. The predicted octanol–water partition coefficient (Wildman–Crippen LogP) is 2.24. The molecule has 0 unspecified atom stereocenters. The van der Waals surface area contributed by atoms with Crippen LogP contribution in [0.4, 0.5) is 0 Å². The highest BCUT2D eigenvalue weighted by molar-refractivity contribution is 7.89. The summed E-state index contributed by atoms with van der Waals surface area (Å²) >= 11 is 0. The SMILES string of the molecule is CC(=O)c1c(C)[nH]c(C(=O)[C@@H](C)OC(=O)CNS(=O)(=O)c2ccc(C)cc2)c1C. The number of Topliss-reactive ketones (excluding diaryl/α,β-unsaturated/α-hetero) is 2. The minimum Gasteiger partial charge on any atom is -0.453 e. The van der Waals surface area contributed by atoms with E-state index in [1.165, 1.54) is 26.0 Å². The van der Waals surface area contributed by atoms with Crippen molar-refractivity contribution in [2.24, 2.45) is 0 Å². The lowest BCUT2D eigenvalue weighted by Crippen LogP contribution is -2.34. The van der Waals surface area contributed by atoms with Crippen molar-refractivity contribution in [3.63, 3.8) is 0 Å². The van der Waals surface area contributed by atoms with Crippen LogP contribution in [0.3, 0.4) is 0 Å². The first-order valence-electron chi connectivity index (χ1n) is 8.94. The molecule has 8 nitrogen and oxygen atoms in total. The molecule has 29 heavy (non-hydrogen) atoms. The lowest BCUT2D eigenvalue weighted by atomic mass is 10.0. The van der Waals surface area contributed by atoms with E-state index in [9.17, 15) is 22.8 Å². The van der Waals surface area contributed by atoms with Gasteiger partial charge in [-0.15, -0.1) is 0 Å². The van der Waals surface area contributed by atoms with Gasteiger partial charge in [-0.2, -0.15) is 4.72 Å². The van der Waals surface area contributed by atoms with E-state index in [0.29, 0.717) is 16.8 Å². The maximum Gasteiger partial charge on any atom is 0.321 e. The normalized spacial score (nSPS) is 12.4. The number of rotatable bonds is 8. The number of hydrogen-bond donors (Lipinski definition) is 2. The molecule has 0 bridgehead atoms. The number of aromatic nitrogens is 1. The van der Waals surface area contributed by atoms with E-state index in [4.69, 9.17) is 4.74 Å². The fourth-order valence-corrected chi connectivity index (χ4v) is 3.94. The van der Waals surface area contributed by atoms with E-state index in [0.717, 1.165) is 5.56 Å². The number of aromatic amines is 1. The van der Waals surface area contributed by atoms with Gasteiger partial charge in [-0.05, 0) is 52.3 Å². The van der Waals surface area contributed by atoms with Crippen LogP contribution >= 0.6 is 0 Å². The number of benzene rings is 1. The number of ether oxygens (including phenoxy) is 1. The zero-order valence-electron chi connectivity index (χ0n) is 17.0. The summed E-state index contributed by atoms with van der Waals surface area (Å²) in [4.78, 5) is 39.2. The quantitative estimate of drug-likeness (QED) is 0.499. The lowest BCUT2D eigenvalue weighted by molar-refractivity contribution is -0.144. The van der Waals surface area contributed by atoms with Gasteiger partial charge in [-0.1, -0.05) is 17.7 Å². The molecule has 1 aromatic carbocycles. The Morgan fingerprint density at radius 3 is 2.21 bits per heavy atom. The monoisotopic (exact) mass is 420 g/mol. The molecule has 0 aliphatic rings. The second-order valence-electron chi connectivity index (χ2n) is 6.82. The Bertz CT molecular complexity index is 1050. The Labute approximate surface area is 169 Å². The Balaban J connectivity index is 2.02. The molecule has 1 heterocycles. The van der Waals surface area contributed by atoms with Crippen LogP contribution in [0.5, 0.6) is 0 Å². The first kappa shape index (κ1) is 22.5. The molecule has 0 fully saturated rings. The summed E-state index contributed by atoms with van der Waals surface area (Å²) in [5.41, 5.74) is 2.56. The molecule has 1 atom stereocenters. The van der Waals surface area contributed by atoms with Gasteiger partial charge in [0.15, 0.2) is 11.9 Å². The zero-order valence-corrected chi connectivity index (χ0v) is 17.8. The van der Waals surface area contributed by atoms with Crippen molar-refractivity contribution in [1.82, 2.24) is 9.71 Å². The van der Waals surface area contributed by atoms with Crippen LogP contribution in [-0.4, -0.2) is 43.6 Å². The number of sulfonamides is 1. The number of nitrogens with one attached hydrogen (secondary N) is 2. The van der Waals surface area contributed by atoms with E-state index >= 15 is 0 Å². The molecule has 0 spiro atoms. The van der Waals surface area contributed by atoms with Crippen molar-refractivity contribution in [2.75, 3.05) is 6.54 Å². The summed E-state index contributed by atoms with van der Waals surface area (Å²) in [5, 5.41) is 0. The highest BCUT2D eigenvalue weighted by Crippen LogP contribution is 2.20. The van der Waals surface area contributed by atoms with Crippen molar-refractivity contribution in [2.45, 2.75) is 45.6 Å². The maximum atomic E-state index is 12.6. The van der Waals surface area contributed by atoms with Gasteiger partial charge in [0.05, 0.1) is 10.6 Å². The highest BCUT2D eigenvalue weighted by Gasteiger charge is 2.26. The largest absolute Gasteiger partial charge is 0.453 e. The molecule has 0 radical (unpaired) electrons. The van der Waals surface area contributed by atoms with Crippen LogP contribution < -0.4 is 4.72 Å². The number of carbonyl (C=O) groups excluding carboxylic acids is 3. The van der Waals surface area contributed by atoms with Crippen LogP contribution in [0.15, 0.2) is 29.2 Å². The van der Waals surface area contributed by atoms with Gasteiger partial charge >= 0.3 is 5.97 Å². The molecule has 0 amide bonds. The van der Waals surface area contributed by atoms with E-state index in [1.54, 1.807) is 26.0 Å². The van der Waals surface area contributed by atoms with E-state index in [-0.39, 0.29) is 16.4 Å². The molecule has 1 aromatic heterocycles. The molecular weight excluding hydrogens is 396 g/mol. The number of carbonyl (C=O) groups is 3. The average molecular weight is 420 g/mol. The third-order valence-electron chi connectivity index (χ3n) is 4.45. The topological polar surface area (TPSA) is 122 Å². The van der Waals surface area contributed by atoms with Crippen LogP contribution in [0.2, 0.25) is 0 Å². The number of esters is 1. The van der Waals surface area contributed by atoms with Gasteiger partial charge in [0.1, 0.15) is 6.54 Å². The number of aryl methyl sites for hydroxylation is 2. The maximum absolute atomic E-state index is 12.6. The summed E-state index contributed by atoms with van der Waals surface area (Å²) in [6, 6.07) is 6.14. The summed E-state index contributed by atoms with van der Waals surface area (Å²) in [6.45, 7) is 7.31. The van der Waals surface area contributed by atoms with Crippen molar-refractivity contribution < 1.29 is 27.5 Å². The molecule has 2 aromatic rings. The van der Waals surface area contributed by atoms with Gasteiger partial charge in [0.2, 0.25) is 15.8 Å².